The van der Waals surface area contributed by atoms with E-state index in [1.807, 2.05) is 36.4 Å². The lowest BCUT2D eigenvalue weighted by atomic mass is 9.97. The Labute approximate surface area is 366 Å². The van der Waals surface area contributed by atoms with Crippen LogP contribution in [-0.2, 0) is 0 Å². The van der Waals surface area contributed by atoms with E-state index in [0.717, 1.165) is 32.3 Å². The van der Waals surface area contributed by atoms with Crippen LogP contribution in [-0.4, -0.2) is 7.32 Å². The number of fused-ring (bicyclic) bond motifs is 8. The number of benzene rings is 12. The van der Waals surface area contributed by atoms with Crippen LogP contribution in [0.15, 0.2) is 237 Å². The first-order valence-corrected chi connectivity index (χ1v) is 23.0. The highest BCUT2D eigenvalue weighted by molar-refractivity contribution is 8.02. The number of rotatable bonds is 6. The number of hydrogen-bond acceptors (Lipinski definition) is 3. The average molecular weight is 826 g/mol. The molecule has 0 spiro atoms. The summed E-state index contributed by atoms with van der Waals surface area (Å²) in [7, 11) is -4.82. The molecule has 0 unspecified atom stereocenters. The summed E-state index contributed by atoms with van der Waals surface area (Å²) < 4.78 is 4.94. The van der Waals surface area contributed by atoms with Crippen molar-refractivity contribution in [3.8, 4) is 5.75 Å². The van der Waals surface area contributed by atoms with Crippen molar-refractivity contribution in [3.05, 3.63) is 237 Å². The minimum absolute atomic E-state index is 0.341. The molecule has 0 heterocycles. The van der Waals surface area contributed by atoms with Crippen molar-refractivity contribution >= 4 is 111 Å². The summed E-state index contributed by atoms with van der Waals surface area (Å²) in [4.78, 5) is 0. The van der Waals surface area contributed by atoms with Gasteiger partial charge in [0.2, 0.25) is 0 Å². The SMILES string of the molecule is [O-]B([O-])Oc1cccc2ccc3cc4ccccc4cc3c12.c1ccc2c([P+](c3cccc4ccccc34)(c3cccc4ccccc34)c3cccc4ccccc34)cccc2c1. The predicted octanol–water partition coefficient (Wildman–Crippen LogP) is 11.1. The van der Waals surface area contributed by atoms with Crippen molar-refractivity contribution in [2.24, 2.45) is 0 Å². The standard InChI is InChI=1S/C40H28P.C18H11BO3/c1-5-21-33-29(13-1)17-9-25-37(33)41(38-26-10-18-30-14-2-6-22-34(30)38,39-27-11-19-31-15-3-7-23-35(31)39)40-28-12-20-32-16-4-8-24-36(32)40;20-19(21)22-17-7-3-6-12-8-9-15-10-13-4-1-2-5-14(13)11-16(15)18(12)17/h1-28H;1-11H/q+1;-2. The molecule has 0 aliphatic carbocycles. The molecule has 0 aromatic heterocycles. The van der Waals surface area contributed by atoms with Crippen molar-refractivity contribution in [2.45, 2.75) is 0 Å². The van der Waals surface area contributed by atoms with Gasteiger partial charge in [-0.15, -0.1) is 0 Å². The third-order valence-electron chi connectivity index (χ3n) is 12.4. The summed E-state index contributed by atoms with van der Waals surface area (Å²) in [5.41, 5.74) is 0. The maximum atomic E-state index is 10.9. The van der Waals surface area contributed by atoms with E-state index in [4.69, 9.17) is 4.65 Å². The molecule has 0 bridgehead atoms. The van der Waals surface area contributed by atoms with E-state index in [1.165, 1.54) is 64.3 Å². The van der Waals surface area contributed by atoms with Crippen LogP contribution in [0.4, 0.5) is 0 Å². The topological polar surface area (TPSA) is 55.3 Å². The summed E-state index contributed by atoms with van der Waals surface area (Å²) >= 11 is 0. The Morgan fingerprint density at radius 2 is 0.619 bits per heavy atom. The fourth-order valence-electron chi connectivity index (χ4n) is 9.75. The van der Waals surface area contributed by atoms with Crippen LogP contribution in [0.5, 0.6) is 5.75 Å². The van der Waals surface area contributed by atoms with E-state index in [1.54, 1.807) is 12.1 Å². The van der Waals surface area contributed by atoms with E-state index < -0.39 is 14.6 Å². The van der Waals surface area contributed by atoms with E-state index in [9.17, 15) is 10.0 Å². The monoisotopic (exact) mass is 825 g/mol. The highest BCUT2D eigenvalue weighted by atomic mass is 31.2. The van der Waals surface area contributed by atoms with Gasteiger partial charge in [0.15, 0.2) is 0 Å². The first-order chi connectivity index (χ1) is 31.1. The number of hydrogen-bond donors (Lipinski definition) is 0. The second kappa shape index (κ2) is 16.2. The third kappa shape index (κ3) is 6.68. The minimum atomic E-state index is -2.49. The molecule has 12 aromatic carbocycles. The molecular weight excluding hydrogens is 786 g/mol. The van der Waals surface area contributed by atoms with Gasteiger partial charge in [0.25, 0.3) is 0 Å². The largest absolute Gasteiger partial charge is 0.860 e. The fourth-order valence-corrected chi connectivity index (χ4v) is 14.8. The molecule has 0 N–H and O–H groups in total. The van der Waals surface area contributed by atoms with Crippen LogP contribution >= 0.6 is 7.26 Å². The molecule has 0 amide bonds. The van der Waals surface area contributed by atoms with Crippen molar-refractivity contribution < 1.29 is 14.7 Å². The maximum Gasteiger partial charge on any atom is 0.146 e. The predicted molar refractivity (Wildman–Crippen MR) is 267 cm³/mol. The normalized spacial score (nSPS) is 11.7. The molecule has 12 aromatic rings. The van der Waals surface area contributed by atoms with Crippen LogP contribution in [0.1, 0.15) is 0 Å². The highest BCUT2D eigenvalue weighted by Crippen LogP contribution is 2.59. The zero-order valence-electron chi connectivity index (χ0n) is 34.3. The van der Waals surface area contributed by atoms with Gasteiger partial charge < -0.3 is 14.7 Å². The van der Waals surface area contributed by atoms with Crippen LogP contribution in [0.2, 0.25) is 0 Å². The molecule has 0 atom stereocenters. The van der Waals surface area contributed by atoms with E-state index >= 15 is 0 Å². The smallest absolute Gasteiger partial charge is 0.146 e. The second-order valence-corrected chi connectivity index (χ2v) is 19.2. The zero-order chi connectivity index (χ0) is 42.3. The van der Waals surface area contributed by atoms with Crippen LogP contribution in [0.3, 0.4) is 0 Å². The van der Waals surface area contributed by atoms with E-state index in [2.05, 4.69) is 188 Å². The lowest BCUT2D eigenvalue weighted by Crippen LogP contribution is -2.50. The molecule has 63 heavy (non-hydrogen) atoms. The summed E-state index contributed by atoms with van der Waals surface area (Å²) in [6.45, 7) is 0. The molecule has 298 valence electrons. The summed E-state index contributed by atoms with van der Waals surface area (Å²) in [5.74, 6) is 0.341. The molecule has 0 fully saturated rings. The molecule has 0 radical (unpaired) electrons. The lowest BCUT2D eigenvalue weighted by molar-refractivity contribution is -0.372. The summed E-state index contributed by atoms with van der Waals surface area (Å²) in [6, 6.07) is 85.0. The fraction of sp³-hybridized carbons (Fsp3) is 0. The summed E-state index contributed by atoms with van der Waals surface area (Å²) in [6.07, 6.45) is 0. The van der Waals surface area contributed by atoms with Crippen LogP contribution < -0.4 is 35.9 Å². The minimum Gasteiger partial charge on any atom is -0.860 e. The summed E-state index contributed by atoms with van der Waals surface area (Å²) in [5, 5.41) is 43.8. The Morgan fingerprint density at radius 1 is 0.286 bits per heavy atom. The molecule has 12 rings (SSSR count). The van der Waals surface area contributed by atoms with Gasteiger partial charge in [-0.2, -0.15) is 0 Å². The Hall–Kier alpha value is -7.33. The van der Waals surface area contributed by atoms with Crippen LogP contribution in [0, 0.1) is 0 Å². The Kier molecular flexibility index (Phi) is 9.91. The molecule has 5 heteroatoms. The van der Waals surface area contributed by atoms with Gasteiger partial charge in [-0.3, -0.25) is 0 Å². The Morgan fingerprint density at radius 3 is 1.05 bits per heavy atom. The van der Waals surface area contributed by atoms with Gasteiger partial charge in [0.05, 0.1) is 0 Å². The van der Waals surface area contributed by atoms with Gasteiger partial charge in [0, 0.05) is 26.9 Å². The molecular formula is C58H39BO3P-. The van der Waals surface area contributed by atoms with Gasteiger partial charge in [-0.25, -0.2) is 0 Å². The van der Waals surface area contributed by atoms with Gasteiger partial charge in [-0.05, 0) is 90.9 Å². The molecule has 0 saturated carbocycles. The first-order valence-electron chi connectivity index (χ1n) is 21.2. The maximum absolute atomic E-state index is 10.9. The Balaban J connectivity index is 0.000000170. The highest BCUT2D eigenvalue weighted by Gasteiger charge is 2.51. The van der Waals surface area contributed by atoms with Gasteiger partial charge in [0.1, 0.15) is 41.6 Å². The second-order valence-electron chi connectivity index (χ2n) is 15.9. The van der Waals surface area contributed by atoms with Crippen molar-refractivity contribution in [1.82, 2.24) is 0 Å². The van der Waals surface area contributed by atoms with Crippen molar-refractivity contribution in [3.63, 3.8) is 0 Å². The van der Waals surface area contributed by atoms with E-state index in [-0.39, 0.29) is 0 Å². The lowest BCUT2D eigenvalue weighted by Gasteiger charge is -2.31. The average Bonchev–Trinajstić information content (AvgIpc) is 3.34. The van der Waals surface area contributed by atoms with Crippen LogP contribution in [0.25, 0.3) is 75.4 Å². The molecule has 3 nitrogen and oxygen atoms in total. The molecule has 0 aliphatic heterocycles. The van der Waals surface area contributed by atoms with Gasteiger partial charge in [-0.1, -0.05) is 194 Å². The third-order valence-corrected chi connectivity index (χ3v) is 16.9. The van der Waals surface area contributed by atoms with Crippen molar-refractivity contribution in [2.75, 3.05) is 0 Å². The zero-order valence-corrected chi connectivity index (χ0v) is 35.2. The van der Waals surface area contributed by atoms with E-state index in [0.29, 0.717) is 5.75 Å². The van der Waals surface area contributed by atoms with Crippen molar-refractivity contribution in [1.29, 1.82) is 0 Å². The molecule has 0 aliphatic rings. The quantitative estimate of drug-likeness (QED) is 0.0726. The molecule has 0 saturated heterocycles. The van der Waals surface area contributed by atoms with Gasteiger partial charge >= 0.3 is 0 Å². The first kappa shape index (κ1) is 38.6. The Bertz CT molecular complexity index is 3330.